The van der Waals surface area contributed by atoms with E-state index in [1.54, 1.807) is 0 Å². The minimum absolute atomic E-state index is 0. The fraction of sp³-hybridized carbons (Fsp3) is 0.143. The minimum atomic E-state index is -6.00. The molecule has 0 radical (unpaired) electrons. The van der Waals surface area contributed by atoms with Crippen molar-refractivity contribution < 1.29 is 87.6 Å². The van der Waals surface area contributed by atoms with Gasteiger partial charge in [-0.2, -0.15) is 0 Å². The van der Waals surface area contributed by atoms with Crippen LogP contribution < -0.4 is 42.4 Å². The summed E-state index contributed by atoms with van der Waals surface area (Å²) in [4.78, 5) is 0. The van der Waals surface area contributed by atoms with Gasteiger partial charge in [-0.15, -0.1) is 0 Å². The van der Waals surface area contributed by atoms with Crippen LogP contribution >= 0.6 is 31.7 Å². The molecular formula is C56H60B2F8O2P4Pt2-2. The second-order valence-electron chi connectivity index (χ2n) is 15.7. The molecule has 74 heavy (non-hydrogen) atoms. The Bertz CT molecular complexity index is 2060. The normalized spacial score (nSPS) is 10.6. The van der Waals surface area contributed by atoms with Gasteiger partial charge in [0.05, 0.1) is 0 Å². The Kier molecular flexibility index (Phi) is 35.1. The van der Waals surface area contributed by atoms with Crippen LogP contribution in [-0.4, -0.2) is 50.1 Å². The van der Waals surface area contributed by atoms with Gasteiger partial charge in [0.1, 0.15) is 0 Å². The molecule has 8 aromatic carbocycles. The largest absolute Gasteiger partial charge is 0.673 e. The summed E-state index contributed by atoms with van der Waals surface area (Å²) in [6.45, 7) is 0. The van der Waals surface area contributed by atoms with Crippen LogP contribution in [0.25, 0.3) is 0 Å². The molecule has 0 saturated carbocycles. The number of benzene rings is 8. The van der Waals surface area contributed by atoms with Crippen molar-refractivity contribution in [1.82, 2.24) is 0 Å². The van der Waals surface area contributed by atoms with Crippen LogP contribution in [0.1, 0.15) is 25.7 Å². The van der Waals surface area contributed by atoms with Gasteiger partial charge in [-0.05, 0) is 124 Å². The maximum Gasteiger partial charge on any atom is 0.673 e. The van der Waals surface area contributed by atoms with E-state index in [9.17, 15) is 34.5 Å². The van der Waals surface area contributed by atoms with E-state index in [0.29, 0.717) is 0 Å². The molecule has 8 aromatic rings. The fourth-order valence-electron chi connectivity index (χ4n) is 7.57. The average molecular weight is 1450 g/mol. The second-order valence-corrected chi connectivity index (χ2v) is 25.0. The Hall–Kier alpha value is -3.65. The standard InChI is InChI=1S/2C28H28P2.2BF4.2H2O.2Pt/c2*1-5-15-25(16-6-1)29(26-17-7-2-8-18-26)23-13-14-24-30(27-19-9-3-10-20-27)28-21-11-4-12-22-28;2*2-1(3,4)5;;;;/h2*1-12,15-22H,13-14,23-24H2;;;2*1H2;;/q;;2*-1;;;;. The van der Waals surface area contributed by atoms with Crippen LogP contribution in [0.3, 0.4) is 0 Å². The molecule has 8 rings (SSSR count). The molecule has 0 saturated heterocycles. The van der Waals surface area contributed by atoms with Crippen molar-refractivity contribution in [2.24, 2.45) is 0 Å². The summed E-state index contributed by atoms with van der Waals surface area (Å²) in [5.74, 6) is 0. The van der Waals surface area contributed by atoms with Crippen molar-refractivity contribution in [2.45, 2.75) is 25.7 Å². The third kappa shape index (κ3) is 27.4. The SMILES string of the molecule is F[B-](F)(F)F.F[B-](F)(F)F.O.O.[Pt].[Pt].c1ccc(P(CCCCP(c2ccccc2)c2ccccc2)c2ccccc2)cc1.c1ccc(P(CCCCP(c2ccccc2)c2ccccc2)c2ccccc2)cc1. The van der Waals surface area contributed by atoms with Crippen LogP contribution in [0.4, 0.5) is 34.5 Å². The topological polar surface area (TPSA) is 63.0 Å². The molecule has 0 unspecified atom stereocenters. The molecule has 0 aromatic heterocycles. The van der Waals surface area contributed by atoms with Gasteiger partial charge >= 0.3 is 14.5 Å². The Balaban J connectivity index is 0.000000598. The maximum atomic E-state index is 9.75. The molecular weight excluding hydrogens is 1390 g/mol. The predicted octanol–water partition coefficient (Wildman–Crippen LogP) is 13.0. The van der Waals surface area contributed by atoms with Crippen LogP contribution in [-0.2, 0) is 42.1 Å². The zero-order chi connectivity index (χ0) is 49.9. The van der Waals surface area contributed by atoms with Gasteiger partial charge in [-0.1, -0.05) is 243 Å². The van der Waals surface area contributed by atoms with E-state index in [2.05, 4.69) is 243 Å². The van der Waals surface area contributed by atoms with Crippen molar-refractivity contribution in [2.75, 3.05) is 24.6 Å². The second kappa shape index (κ2) is 38.0. The van der Waals surface area contributed by atoms with Crippen LogP contribution in [0.2, 0.25) is 0 Å². The first-order valence-corrected chi connectivity index (χ1v) is 29.2. The van der Waals surface area contributed by atoms with E-state index in [0.717, 1.165) is 0 Å². The smallest absolute Gasteiger partial charge is 0.418 e. The summed E-state index contributed by atoms with van der Waals surface area (Å²) >= 11 is 0. The molecule has 400 valence electrons. The summed E-state index contributed by atoms with van der Waals surface area (Å²) in [5.41, 5.74) is 0. The van der Waals surface area contributed by atoms with Gasteiger partial charge in [0.15, 0.2) is 0 Å². The van der Waals surface area contributed by atoms with Gasteiger partial charge in [0.25, 0.3) is 0 Å². The molecule has 0 atom stereocenters. The third-order valence-corrected chi connectivity index (χ3v) is 21.0. The van der Waals surface area contributed by atoms with E-state index < -0.39 is 14.5 Å². The molecule has 18 heteroatoms. The van der Waals surface area contributed by atoms with E-state index in [-0.39, 0.29) is 84.8 Å². The molecule has 0 amide bonds. The van der Waals surface area contributed by atoms with Gasteiger partial charge < -0.3 is 45.5 Å². The molecule has 0 aliphatic heterocycles. The van der Waals surface area contributed by atoms with Gasteiger partial charge in [-0.25, -0.2) is 0 Å². The molecule has 4 N–H and O–H groups in total. The Morgan fingerprint density at radius 3 is 0.405 bits per heavy atom. The molecule has 0 spiro atoms. The van der Waals surface area contributed by atoms with E-state index in [1.807, 2.05) is 0 Å². The Morgan fingerprint density at radius 2 is 0.311 bits per heavy atom. The number of halogens is 8. The Morgan fingerprint density at radius 1 is 0.216 bits per heavy atom. The first-order chi connectivity index (χ1) is 33.8. The quantitative estimate of drug-likeness (QED) is 0.0356. The molecule has 2 nitrogen and oxygen atoms in total. The zero-order valence-electron chi connectivity index (χ0n) is 40.4. The summed E-state index contributed by atoms with van der Waals surface area (Å²) < 4.78 is 78.0. The summed E-state index contributed by atoms with van der Waals surface area (Å²) in [7, 11) is -13.1. The van der Waals surface area contributed by atoms with Crippen molar-refractivity contribution in [1.29, 1.82) is 0 Å². The average Bonchev–Trinajstić information content (AvgIpc) is 3.37. The molecule has 0 aliphatic rings. The monoisotopic (exact) mass is 1450 g/mol. The fourth-order valence-corrected chi connectivity index (χ4v) is 17.2. The molecule has 0 heterocycles. The number of hydrogen-bond acceptors (Lipinski definition) is 0. The third-order valence-electron chi connectivity index (χ3n) is 10.6. The zero-order valence-corrected chi connectivity index (χ0v) is 48.5. The summed E-state index contributed by atoms with van der Waals surface area (Å²) in [6, 6.07) is 88.7. The number of unbranched alkanes of at least 4 members (excludes halogenated alkanes) is 2. The van der Waals surface area contributed by atoms with E-state index >= 15 is 0 Å². The number of hydrogen-bond donors (Lipinski definition) is 0. The van der Waals surface area contributed by atoms with E-state index in [1.165, 1.54) is 92.8 Å². The van der Waals surface area contributed by atoms with Crippen molar-refractivity contribution >= 4 is 88.6 Å². The Labute approximate surface area is 466 Å². The molecule has 0 fully saturated rings. The van der Waals surface area contributed by atoms with Gasteiger partial charge in [0.2, 0.25) is 0 Å². The molecule has 0 aliphatic carbocycles. The summed E-state index contributed by atoms with van der Waals surface area (Å²) in [5, 5.41) is 11.9. The van der Waals surface area contributed by atoms with Crippen molar-refractivity contribution in [3.63, 3.8) is 0 Å². The summed E-state index contributed by atoms with van der Waals surface area (Å²) in [6.07, 6.45) is 10.1. The van der Waals surface area contributed by atoms with Gasteiger partial charge in [-0.3, -0.25) is 0 Å². The van der Waals surface area contributed by atoms with Crippen molar-refractivity contribution in [3.05, 3.63) is 243 Å². The minimum Gasteiger partial charge on any atom is -0.418 e. The van der Waals surface area contributed by atoms with Crippen molar-refractivity contribution in [3.8, 4) is 0 Å². The first kappa shape index (κ1) is 68.4. The molecule has 0 bridgehead atoms. The van der Waals surface area contributed by atoms with Crippen LogP contribution in [0.15, 0.2) is 243 Å². The van der Waals surface area contributed by atoms with Crippen LogP contribution in [0, 0.1) is 0 Å². The van der Waals surface area contributed by atoms with E-state index in [4.69, 9.17) is 0 Å². The maximum absolute atomic E-state index is 9.75. The van der Waals surface area contributed by atoms with Crippen LogP contribution in [0.5, 0.6) is 0 Å². The number of rotatable bonds is 18. The van der Waals surface area contributed by atoms with Gasteiger partial charge in [0, 0.05) is 42.1 Å². The first-order valence-electron chi connectivity index (χ1n) is 23.1. The predicted molar refractivity (Wildman–Crippen MR) is 302 cm³/mol.